The van der Waals surface area contributed by atoms with Crippen LogP contribution in [0.15, 0.2) is 28.0 Å². The van der Waals surface area contributed by atoms with Gasteiger partial charge in [0.15, 0.2) is 0 Å². The molecule has 0 aliphatic rings. The first kappa shape index (κ1) is 15.9. The highest BCUT2D eigenvalue weighted by molar-refractivity contribution is 7.22. The van der Waals surface area contributed by atoms with Crippen molar-refractivity contribution in [3.63, 3.8) is 0 Å². The summed E-state index contributed by atoms with van der Waals surface area (Å²) in [5, 5.41) is 19.9. The first-order valence-corrected chi connectivity index (χ1v) is 7.98. The number of nitrogens with zero attached hydrogens (tertiary/aromatic N) is 4. The van der Waals surface area contributed by atoms with E-state index in [1.54, 1.807) is 6.92 Å². The number of benzene rings is 1. The highest BCUT2D eigenvalue weighted by atomic mass is 32.1. The Labute approximate surface area is 142 Å². The minimum Gasteiger partial charge on any atom is -0.494 e. The van der Waals surface area contributed by atoms with Crippen LogP contribution in [0.1, 0.15) is 22.3 Å². The number of nitriles is 1. The van der Waals surface area contributed by atoms with Crippen LogP contribution in [-0.2, 0) is 7.05 Å². The molecule has 1 aromatic carbocycles. The van der Waals surface area contributed by atoms with Crippen LogP contribution < -0.4 is 5.56 Å². The van der Waals surface area contributed by atoms with E-state index in [0.717, 1.165) is 20.3 Å². The number of rotatable bonds is 2. The average Bonchev–Trinajstić information content (AvgIpc) is 2.95. The highest BCUT2D eigenvalue weighted by Crippen LogP contribution is 2.29. The topological polar surface area (TPSA) is 91.3 Å². The van der Waals surface area contributed by atoms with E-state index in [1.165, 1.54) is 24.6 Å². The molecule has 2 aromatic heterocycles. The zero-order valence-electron chi connectivity index (χ0n) is 13.4. The molecule has 0 spiro atoms. The van der Waals surface area contributed by atoms with E-state index < -0.39 is 5.56 Å². The average molecular weight is 338 g/mol. The molecular weight excluding hydrogens is 324 g/mol. The molecule has 0 saturated heterocycles. The van der Waals surface area contributed by atoms with Gasteiger partial charge in [-0.05, 0) is 37.1 Å². The maximum Gasteiger partial charge on any atom is 0.271 e. The van der Waals surface area contributed by atoms with E-state index in [9.17, 15) is 9.90 Å². The largest absolute Gasteiger partial charge is 0.494 e. The summed E-state index contributed by atoms with van der Waals surface area (Å²) in [6.45, 7) is 3.63. The predicted octanol–water partition coefficient (Wildman–Crippen LogP) is 2.94. The predicted molar refractivity (Wildman–Crippen MR) is 94.4 cm³/mol. The lowest BCUT2D eigenvalue weighted by Crippen LogP contribution is -2.22. The molecule has 1 N–H and O–H groups in total. The number of aryl methyl sites for hydroxylation is 1. The lowest BCUT2D eigenvalue weighted by atomic mass is 10.1. The van der Waals surface area contributed by atoms with Crippen molar-refractivity contribution in [2.45, 2.75) is 13.8 Å². The molecule has 0 aliphatic heterocycles. The summed E-state index contributed by atoms with van der Waals surface area (Å²) in [4.78, 5) is 20.7. The van der Waals surface area contributed by atoms with Gasteiger partial charge in [0.05, 0.1) is 15.8 Å². The fraction of sp³-hybridized carbons (Fsp3) is 0.176. The smallest absolute Gasteiger partial charge is 0.271 e. The normalized spacial score (nSPS) is 11.2. The third-order valence-corrected chi connectivity index (χ3v) is 4.73. The molecule has 0 aliphatic carbocycles. The van der Waals surface area contributed by atoms with Crippen LogP contribution in [0, 0.1) is 25.2 Å². The summed E-state index contributed by atoms with van der Waals surface area (Å²) in [7, 11) is 1.41. The quantitative estimate of drug-likeness (QED) is 0.727. The van der Waals surface area contributed by atoms with Crippen molar-refractivity contribution >= 4 is 32.9 Å². The number of fused-ring (bicyclic) bond motifs is 1. The summed E-state index contributed by atoms with van der Waals surface area (Å²) in [6, 6.07) is 7.83. The Bertz CT molecular complexity index is 1090. The van der Waals surface area contributed by atoms with Gasteiger partial charge in [0.2, 0.25) is 11.0 Å². The van der Waals surface area contributed by atoms with Crippen LogP contribution >= 0.6 is 11.3 Å². The Morgan fingerprint density at radius 1 is 1.42 bits per heavy atom. The molecule has 0 radical (unpaired) electrons. The van der Waals surface area contributed by atoms with E-state index in [0.29, 0.717) is 16.3 Å². The van der Waals surface area contributed by atoms with Gasteiger partial charge in [-0.3, -0.25) is 9.36 Å². The zero-order chi connectivity index (χ0) is 17.4. The number of thiazole rings is 1. The number of hydrogen-bond acceptors (Lipinski definition) is 6. The fourth-order valence-corrected chi connectivity index (χ4v) is 3.30. The van der Waals surface area contributed by atoms with Crippen LogP contribution in [0.25, 0.3) is 10.2 Å². The first-order chi connectivity index (χ1) is 11.4. The third kappa shape index (κ3) is 2.57. The Morgan fingerprint density at radius 3 is 2.88 bits per heavy atom. The second-order valence-electron chi connectivity index (χ2n) is 5.44. The van der Waals surface area contributed by atoms with Crippen molar-refractivity contribution in [1.82, 2.24) is 9.55 Å². The monoisotopic (exact) mass is 338 g/mol. The van der Waals surface area contributed by atoms with Crippen molar-refractivity contribution in [2.24, 2.45) is 12.0 Å². The Morgan fingerprint density at radius 2 is 2.17 bits per heavy atom. The number of aliphatic imine (C=N–C) groups is 1. The van der Waals surface area contributed by atoms with Crippen LogP contribution in [0.5, 0.6) is 5.88 Å². The molecule has 0 atom stereocenters. The van der Waals surface area contributed by atoms with Gasteiger partial charge in [-0.25, -0.2) is 9.98 Å². The molecule has 3 rings (SSSR count). The zero-order valence-corrected chi connectivity index (χ0v) is 14.2. The SMILES string of the molecule is Cc1ccc2nc(N=Cc3c(C)c(C#N)c(=O)n(C)c3O)sc2c1. The molecule has 24 heavy (non-hydrogen) atoms. The van der Waals surface area contributed by atoms with Gasteiger partial charge in [0.1, 0.15) is 11.6 Å². The molecule has 2 heterocycles. The minimum absolute atomic E-state index is 0.00308. The third-order valence-electron chi connectivity index (χ3n) is 3.80. The van der Waals surface area contributed by atoms with E-state index >= 15 is 0 Å². The maximum absolute atomic E-state index is 11.9. The van der Waals surface area contributed by atoms with Crippen molar-refractivity contribution in [3.8, 4) is 11.9 Å². The van der Waals surface area contributed by atoms with Crippen LogP contribution in [0.4, 0.5) is 5.13 Å². The van der Waals surface area contributed by atoms with Gasteiger partial charge >= 0.3 is 0 Å². The molecule has 0 bridgehead atoms. The van der Waals surface area contributed by atoms with Crippen LogP contribution in [0.3, 0.4) is 0 Å². The molecule has 0 amide bonds. The van der Waals surface area contributed by atoms with Crippen molar-refractivity contribution in [1.29, 1.82) is 5.26 Å². The number of hydrogen-bond donors (Lipinski definition) is 1. The van der Waals surface area contributed by atoms with Gasteiger partial charge in [0, 0.05) is 13.3 Å². The van der Waals surface area contributed by atoms with Gasteiger partial charge < -0.3 is 5.11 Å². The molecule has 0 unspecified atom stereocenters. The molecule has 0 saturated carbocycles. The van der Waals surface area contributed by atoms with Crippen molar-refractivity contribution in [3.05, 3.63) is 50.8 Å². The lowest BCUT2D eigenvalue weighted by Gasteiger charge is -2.09. The fourth-order valence-electron chi connectivity index (χ4n) is 2.39. The van der Waals surface area contributed by atoms with Gasteiger partial charge in [0.25, 0.3) is 5.56 Å². The van der Waals surface area contributed by atoms with Crippen molar-refractivity contribution < 1.29 is 5.11 Å². The minimum atomic E-state index is -0.528. The van der Waals surface area contributed by atoms with E-state index in [4.69, 9.17) is 5.26 Å². The van der Waals surface area contributed by atoms with Crippen LogP contribution in [-0.4, -0.2) is 20.9 Å². The van der Waals surface area contributed by atoms with E-state index in [-0.39, 0.29) is 11.4 Å². The molecule has 0 fully saturated rings. The molecule has 7 heteroatoms. The number of aromatic nitrogens is 2. The lowest BCUT2D eigenvalue weighted by molar-refractivity contribution is 0.421. The number of pyridine rings is 1. The van der Waals surface area contributed by atoms with Gasteiger partial charge in [-0.2, -0.15) is 5.26 Å². The number of aromatic hydroxyl groups is 1. The molecule has 6 nitrogen and oxygen atoms in total. The van der Waals surface area contributed by atoms with Crippen molar-refractivity contribution in [2.75, 3.05) is 0 Å². The summed E-state index contributed by atoms with van der Waals surface area (Å²) in [5.41, 5.74) is 2.21. The second-order valence-corrected chi connectivity index (χ2v) is 6.45. The molecular formula is C17H14N4O2S. The van der Waals surface area contributed by atoms with Gasteiger partial charge in [-0.15, -0.1) is 0 Å². The molecule has 120 valence electrons. The second kappa shape index (κ2) is 5.91. The first-order valence-electron chi connectivity index (χ1n) is 7.16. The maximum atomic E-state index is 11.9. The van der Waals surface area contributed by atoms with Crippen LogP contribution in [0.2, 0.25) is 0 Å². The summed E-state index contributed by atoms with van der Waals surface area (Å²) in [6.07, 6.45) is 1.44. The Kier molecular flexibility index (Phi) is 3.91. The molecule has 3 aromatic rings. The summed E-state index contributed by atoms with van der Waals surface area (Å²) < 4.78 is 2.07. The summed E-state index contributed by atoms with van der Waals surface area (Å²) in [5.74, 6) is -0.225. The standard InChI is InChI=1S/C17H14N4O2S/c1-9-4-5-13-14(6-9)24-17(20-13)19-8-12-10(2)11(7-18)15(22)21(3)16(12)23/h4-6,8,23H,1-3H3. The Hall–Kier alpha value is -2.98. The van der Waals surface area contributed by atoms with E-state index in [2.05, 4.69) is 9.98 Å². The van der Waals surface area contributed by atoms with E-state index in [1.807, 2.05) is 31.2 Å². The Balaban J connectivity index is 2.10. The summed E-state index contributed by atoms with van der Waals surface area (Å²) >= 11 is 1.44. The highest BCUT2D eigenvalue weighted by Gasteiger charge is 2.15. The van der Waals surface area contributed by atoms with Gasteiger partial charge in [-0.1, -0.05) is 17.4 Å².